The van der Waals surface area contributed by atoms with Gasteiger partial charge in [0.25, 0.3) is 0 Å². The molecule has 0 saturated heterocycles. The van der Waals surface area contributed by atoms with Gasteiger partial charge in [0, 0.05) is 20.0 Å². The van der Waals surface area contributed by atoms with Gasteiger partial charge in [0.1, 0.15) is 17.7 Å². The molecule has 0 spiro atoms. The molecule has 0 bridgehead atoms. The predicted molar refractivity (Wildman–Crippen MR) is 127 cm³/mol. The van der Waals surface area contributed by atoms with Gasteiger partial charge in [0.15, 0.2) is 0 Å². The van der Waals surface area contributed by atoms with Crippen molar-refractivity contribution < 1.29 is 9.18 Å². The summed E-state index contributed by atoms with van der Waals surface area (Å²) in [6.07, 6.45) is 0.233. The Morgan fingerprint density at radius 1 is 1.06 bits per heavy atom. The smallest absolute Gasteiger partial charge is 0.245 e. The summed E-state index contributed by atoms with van der Waals surface area (Å²) in [6.45, 7) is 2.30. The van der Waals surface area contributed by atoms with E-state index >= 15 is 0 Å². The Morgan fingerprint density at radius 3 is 2.44 bits per heavy atom. The molecule has 0 aliphatic carbocycles. The number of rotatable bonds is 6. The number of amides is 1. The van der Waals surface area contributed by atoms with Gasteiger partial charge in [0.2, 0.25) is 5.91 Å². The Hall–Kier alpha value is -2.89. The van der Waals surface area contributed by atoms with Crippen LogP contribution in [0.15, 0.2) is 66.7 Å². The zero-order valence-corrected chi connectivity index (χ0v) is 19.2. The maximum Gasteiger partial charge on any atom is 0.245 e. The van der Waals surface area contributed by atoms with Gasteiger partial charge >= 0.3 is 0 Å². The molecule has 7 heteroatoms. The van der Waals surface area contributed by atoms with Crippen molar-refractivity contribution in [3.63, 3.8) is 0 Å². The second-order valence-electron chi connectivity index (χ2n) is 7.78. The lowest BCUT2D eigenvalue weighted by atomic mass is 10.1. The molecule has 0 aliphatic heterocycles. The van der Waals surface area contributed by atoms with Crippen LogP contribution in [0.1, 0.15) is 29.9 Å². The zero-order valence-electron chi connectivity index (χ0n) is 17.7. The van der Waals surface area contributed by atoms with Gasteiger partial charge in [0.05, 0.1) is 21.1 Å². The zero-order chi connectivity index (χ0) is 22.8. The highest BCUT2D eigenvalue weighted by Gasteiger charge is 2.25. The summed E-state index contributed by atoms with van der Waals surface area (Å²) in [4.78, 5) is 19.7. The molecule has 1 atom stereocenters. The summed E-state index contributed by atoms with van der Waals surface area (Å²) in [7, 11) is 1.77. The van der Waals surface area contributed by atoms with Crippen LogP contribution in [0.2, 0.25) is 10.0 Å². The van der Waals surface area contributed by atoms with Crippen molar-refractivity contribution in [1.29, 1.82) is 0 Å². The van der Waals surface area contributed by atoms with Gasteiger partial charge in [-0.3, -0.25) is 4.79 Å². The quantitative estimate of drug-likeness (QED) is 0.332. The molecule has 0 aliphatic rings. The number of imidazole rings is 1. The van der Waals surface area contributed by atoms with Crippen molar-refractivity contribution in [2.24, 2.45) is 0 Å². The molecule has 4 aromatic rings. The highest BCUT2D eigenvalue weighted by molar-refractivity contribution is 6.42. The van der Waals surface area contributed by atoms with Gasteiger partial charge < -0.3 is 9.47 Å². The molecule has 1 amide bonds. The van der Waals surface area contributed by atoms with E-state index in [9.17, 15) is 9.18 Å². The first-order valence-corrected chi connectivity index (χ1v) is 11.0. The van der Waals surface area contributed by atoms with Crippen LogP contribution in [0, 0.1) is 5.82 Å². The minimum absolute atomic E-state index is 0.0889. The van der Waals surface area contributed by atoms with Gasteiger partial charge in [-0.25, -0.2) is 9.37 Å². The first-order chi connectivity index (χ1) is 15.3. The Morgan fingerprint density at radius 2 is 1.72 bits per heavy atom. The highest BCUT2D eigenvalue weighted by atomic mass is 35.5. The molecular formula is C25H22Cl2FN3O. The van der Waals surface area contributed by atoms with E-state index in [1.165, 1.54) is 6.07 Å². The molecule has 32 heavy (non-hydrogen) atoms. The third kappa shape index (κ3) is 4.50. The fraction of sp³-hybridized carbons (Fsp3) is 0.200. The van der Waals surface area contributed by atoms with E-state index < -0.39 is 6.04 Å². The third-order valence-electron chi connectivity index (χ3n) is 5.49. The standard InChI is InChI=1S/C25H22Cl2FN3O/c1-16(25(32)30(2)15-17-8-4-3-5-9-17)31-23-14-20(27)19(26)13-22(23)29-24(31)12-18-10-6-7-11-21(18)28/h3-11,13-14,16H,12,15H2,1-2H3/t16-/m1/s1. The average Bonchev–Trinajstić information content (AvgIpc) is 3.11. The summed E-state index contributed by atoms with van der Waals surface area (Å²) < 4.78 is 16.2. The van der Waals surface area contributed by atoms with Crippen LogP contribution in [0.4, 0.5) is 4.39 Å². The van der Waals surface area contributed by atoms with E-state index in [1.807, 2.05) is 41.8 Å². The largest absolute Gasteiger partial charge is 0.340 e. The maximum absolute atomic E-state index is 14.4. The summed E-state index contributed by atoms with van der Waals surface area (Å²) in [5, 5.41) is 0.747. The number of benzene rings is 3. The molecule has 1 aromatic heterocycles. The second-order valence-corrected chi connectivity index (χ2v) is 8.59. The number of hydrogen-bond acceptors (Lipinski definition) is 2. The topological polar surface area (TPSA) is 38.1 Å². The number of hydrogen-bond donors (Lipinski definition) is 0. The number of carbonyl (C=O) groups excluding carboxylic acids is 1. The molecule has 1 heterocycles. The first kappa shape index (κ1) is 22.3. The lowest BCUT2D eigenvalue weighted by Gasteiger charge is -2.24. The predicted octanol–water partition coefficient (Wildman–Crippen LogP) is 6.29. The highest BCUT2D eigenvalue weighted by Crippen LogP contribution is 2.31. The molecule has 0 N–H and O–H groups in total. The molecule has 0 saturated carbocycles. The Kier molecular flexibility index (Phi) is 6.49. The fourth-order valence-electron chi connectivity index (χ4n) is 3.87. The lowest BCUT2D eigenvalue weighted by molar-refractivity contribution is -0.133. The van der Waals surface area contributed by atoms with E-state index in [0.717, 1.165) is 5.56 Å². The number of fused-ring (bicyclic) bond motifs is 1. The van der Waals surface area contributed by atoms with E-state index in [0.29, 0.717) is 39.0 Å². The van der Waals surface area contributed by atoms with Crippen molar-refractivity contribution in [3.05, 3.63) is 99.5 Å². The normalized spacial score (nSPS) is 12.2. The van der Waals surface area contributed by atoms with E-state index in [2.05, 4.69) is 4.98 Å². The molecule has 164 valence electrons. The first-order valence-electron chi connectivity index (χ1n) is 10.2. The Labute approximate surface area is 196 Å². The van der Waals surface area contributed by atoms with Crippen LogP contribution >= 0.6 is 23.2 Å². The van der Waals surface area contributed by atoms with E-state index in [4.69, 9.17) is 23.2 Å². The van der Waals surface area contributed by atoms with Crippen molar-refractivity contribution in [3.8, 4) is 0 Å². The van der Waals surface area contributed by atoms with Crippen LogP contribution in [0.3, 0.4) is 0 Å². The van der Waals surface area contributed by atoms with Crippen LogP contribution in [0.25, 0.3) is 11.0 Å². The lowest BCUT2D eigenvalue weighted by Crippen LogP contribution is -2.33. The molecular weight excluding hydrogens is 448 g/mol. The van der Waals surface area contributed by atoms with Gasteiger partial charge in [-0.2, -0.15) is 0 Å². The maximum atomic E-state index is 14.4. The van der Waals surface area contributed by atoms with Crippen LogP contribution in [-0.2, 0) is 17.8 Å². The van der Waals surface area contributed by atoms with Crippen LogP contribution in [-0.4, -0.2) is 27.4 Å². The summed E-state index contributed by atoms with van der Waals surface area (Å²) in [5.74, 6) is 0.161. The van der Waals surface area contributed by atoms with Gasteiger partial charge in [-0.15, -0.1) is 0 Å². The number of aromatic nitrogens is 2. The minimum Gasteiger partial charge on any atom is -0.340 e. The van der Waals surface area contributed by atoms with Crippen molar-refractivity contribution >= 4 is 40.1 Å². The molecule has 4 nitrogen and oxygen atoms in total. The molecule has 0 fully saturated rings. The van der Waals surface area contributed by atoms with Crippen molar-refractivity contribution in [2.75, 3.05) is 7.05 Å². The van der Waals surface area contributed by atoms with Crippen LogP contribution in [0.5, 0.6) is 0 Å². The number of nitrogens with zero attached hydrogens (tertiary/aromatic N) is 3. The molecule has 0 unspecified atom stereocenters. The number of carbonyl (C=O) groups is 1. The summed E-state index contributed by atoms with van der Waals surface area (Å²) in [6, 6.07) is 19.1. The Balaban J connectivity index is 1.74. The molecule has 3 aromatic carbocycles. The van der Waals surface area contributed by atoms with Gasteiger partial charge in [-0.1, -0.05) is 71.7 Å². The fourth-order valence-corrected chi connectivity index (χ4v) is 4.19. The molecule has 4 rings (SSSR count). The average molecular weight is 470 g/mol. The van der Waals surface area contributed by atoms with Crippen LogP contribution < -0.4 is 0 Å². The monoisotopic (exact) mass is 469 g/mol. The third-order valence-corrected chi connectivity index (χ3v) is 6.22. The number of likely N-dealkylation sites (N-methyl/N-ethyl adjacent to an activating group) is 1. The van der Waals surface area contributed by atoms with E-state index in [1.54, 1.807) is 42.3 Å². The van der Waals surface area contributed by atoms with E-state index in [-0.39, 0.29) is 18.1 Å². The van der Waals surface area contributed by atoms with Crippen molar-refractivity contribution in [1.82, 2.24) is 14.5 Å². The second kappa shape index (κ2) is 9.31. The number of halogens is 3. The summed E-state index contributed by atoms with van der Waals surface area (Å²) >= 11 is 12.5. The molecule has 0 radical (unpaired) electrons. The van der Waals surface area contributed by atoms with Crippen molar-refractivity contribution in [2.45, 2.75) is 25.9 Å². The Bertz CT molecular complexity index is 1270. The minimum atomic E-state index is -0.576. The van der Waals surface area contributed by atoms with Gasteiger partial charge in [-0.05, 0) is 36.2 Å². The summed E-state index contributed by atoms with van der Waals surface area (Å²) in [5.41, 5.74) is 2.82. The SMILES string of the molecule is C[C@H](C(=O)N(C)Cc1ccccc1)n1c(Cc2ccccc2F)nc2cc(Cl)c(Cl)cc21.